The van der Waals surface area contributed by atoms with E-state index in [0.29, 0.717) is 34.6 Å². The standard InChI is InChI=1S/C35H44O6/c1-4-5-6-7-8-9-10-13-19-27(26-32(36)37)34(38)41-35(28-20-14-11-15-21-28,29-22-16-12-17-23-29)30-24-18-25-31(39-2)33(30)40-3/h11-12,14-18,20-25,27H,4-10,13,19,26H2,1-3H3,(H,36,37). The molecule has 0 spiro atoms. The predicted molar refractivity (Wildman–Crippen MR) is 161 cm³/mol. The van der Waals surface area contributed by atoms with Crippen LogP contribution < -0.4 is 9.47 Å². The normalized spacial score (nSPS) is 12.0. The van der Waals surface area contributed by atoms with E-state index in [2.05, 4.69) is 6.92 Å². The lowest BCUT2D eigenvalue weighted by molar-refractivity contribution is -0.162. The minimum absolute atomic E-state index is 0.287. The van der Waals surface area contributed by atoms with Crippen LogP contribution >= 0.6 is 0 Å². The van der Waals surface area contributed by atoms with Crippen LogP contribution in [0.4, 0.5) is 0 Å². The number of carboxylic acid groups (broad SMARTS) is 1. The van der Waals surface area contributed by atoms with Crippen molar-refractivity contribution in [3.8, 4) is 11.5 Å². The number of ether oxygens (including phenoxy) is 3. The molecule has 1 unspecified atom stereocenters. The van der Waals surface area contributed by atoms with Gasteiger partial charge >= 0.3 is 11.9 Å². The third kappa shape index (κ3) is 8.35. The summed E-state index contributed by atoms with van der Waals surface area (Å²) in [4.78, 5) is 25.9. The van der Waals surface area contributed by atoms with Crippen LogP contribution in [-0.2, 0) is 19.9 Å². The maximum absolute atomic E-state index is 14.0. The summed E-state index contributed by atoms with van der Waals surface area (Å²) in [5, 5.41) is 9.71. The van der Waals surface area contributed by atoms with E-state index in [1.807, 2.05) is 72.8 Å². The van der Waals surface area contributed by atoms with Crippen LogP contribution in [0.3, 0.4) is 0 Å². The molecular weight excluding hydrogens is 516 g/mol. The van der Waals surface area contributed by atoms with Crippen LogP contribution in [0.25, 0.3) is 0 Å². The molecule has 0 saturated carbocycles. The molecule has 41 heavy (non-hydrogen) atoms. The Morgan fingerprint density at radius 2 is 1.29 bits per heavy atom. The number of unbranched alkanes of at least 4 members (excludes halogenated alkanes) is 7. The van der Waals surface area contributed by atoms with Gasteiger partial charge in [-0.05, 0) is 12.5 Å². The van der Waals surface area contributed by atoms with E-state index in [0.717, 1.165) is 25.7 Å². The first-order chi connectivity index (χ1) is 20.0. The Bertz CT molecular complexity index is 1170. The molecule has 0 aliphatic heterocycles. The molecule has 6 heteroatoms. The summed E-state index contributed by atoms with van der Waals surface area (Å²) >= 11 is 0. The highest BCUT2D eigenvalue weighted by molar-refractivity contribution is 5.80. The molecule has 220 valence electrons. The topological polar surface area (TPSA) is 82.1 Å². The van der Waals surface area contributed by atoms with Crippen molar-refractivity contribution < 1.29 is 28.9 Å². The zero-order valence-corrected chi connectivity index (χ0v) is 24.6. The van der Waals surface area contributed by atoms with Gasteiger partial charge in [0.2, 0.25) is 0 Å². The van der Waals surface area contributed by atoms with E-state index >= 15 is 0 Å². The van der Waals surface area contributed by atoms with E-state index < -0.39 is 23.5 Å². The van der Waals surface area contributed by atoms with Crippen LogP contribution in [-0.4, -0.2) is 31.3 Å². The van der Waals surface area contributed by atoms with Gasteiger partial charge in [0.05, 0.1) is 32.1 Å². The van der Waals surface area contributed by atoms with Crippen LogP contribution in [0.2, 0.25) is 0 Å². The Morgan fingerprint density at radius 3 is 1.80 bits per heavy atom. The molecule has 0 radical (unpaired) electrons. The number of rotatable bonds is 18. The Hall–Kier alpha value is -3.80. The Morgan fingerprint density at radius 1 is 0.732 bits per heavy atom. The van der Waals surface area contributed by atoms with Gasteiger partial charge < -0.3 is 19.3 Å². The van der Waals surface area contributed by atoms with Gasteiger partial charge in [-0.1, -0.05) is 131 Å². The SMILES string of the molecule is CCCCCCCCCCC(CC(=O)O)C(=O)OC(c1ccccc1)(c1ccccc1)c1cccc(OC)c1OC. The van der Waals surface area contributed by atoms with Crippen molar-refractivity contribution in [2.45, 2.75) is 76.7 Å². The Balaban J connectivity index is 2.01. The summed E-state index contributed by atoms with van der Waals surface area (Å²) in [5.41, 5.74) is 0.612. The Kier molecular flexibility index (Phi) is 12.7. The minimum atomic E-state index is -1.41. The van der Waals surface area contributed by atoms with Crippen LogP contribution in [0.1, 0.15) is 87.8 Å². The second-order valence-corrected chi connectivity index (χ2v) is 10.4. The molecule has 0 aliphatic carbocycles. The average molecular weight is 561 g/mol. The quantitative estimate of drug-likeness (QED) is 0.0960. The van der Waals surface area contributed by atoms with Crippen LogP contribution in [0, 0.1) is 5.92 Å². The maximum atomic E-state index is 14.0. The van der Waals surface area contributed by atoms with Crippen molar-refractivity contribution in [2.24, 2.45) is 5.92 Å². The molecule has 3 rings (SSSR count). The van der Waals surface area contributed by atoms with Crippen LogP contribution in [0.5, 0.6) is 11.5 Å². The van der Waals surface area contributed by atoms with Crippen molar-refractivity contribution in [3.05, 3.63) is 95.6 Å². The predicted octanol–water partition coefficient (Wildman–Crippen LogP) is 8.16. The van der Waals surface area contributed by atoms with E-state index in [9.17, 15) is 14.7 Å². The first kappa shape index (κ1) is 31.7. The first-order valence-corrected chi connectivity index (χ1v) is 14.7. The van der Waals surface area contributed by atoms with Crippen LogP contribution in [0.15, 0.2) is 78.9 Å². The number of hydrogen-bond acceptors (Lipinski definition) is 5. The van der Waals surface area contributed by atoms with Gasteiger partial charge in [-0.25, -0.2) is 0 Å². The van der Waals surface area contributed by atoms with Gasteiger partial charge in [0.1, 0.15) is 0 Å². The number of hydrogen-bond donors (Lipinski definition) is 1. The van der Waals surface area contributed by atoms with Gasteiger partial charge in [0.15, 0.2) is 17.1 Å². The number of carboxylic acids is 1. The number of para-hydroxylation sites is 1. The summed E-state index contributed by atoms with van der Waals surface area (Å²) in [7, 11) is 3.12. The summed E-state index contributed by atoms with van der Waals surface area (Å²) in [6.45, 7) is 2.20. The van der Waals surface area contributed by atoms with Crippen molar-refractivity contribution in [3.63, 3.8) is 0 Å². The first-order valence-electron chi connectivity index (χ1n) is 14.7. The molecule has 0 saturated heterocycles. The summed E-state index contributed by atoms with van der Waals surface area (Å²) in [6, 6.07) is 24.5. The lowest BCUT2D eigenvalue weighted by atomic mass is 9.79. The van der Waals surface area contributed by atoms with Crippen molar-refractivity contribution in [1.29, 1.82) is 0 Å². The maximum Gasteiger partial charge on any atom is 0.311 e. The molecule has 1 atom stereocenters. The second kappa shape index (κ2) is 16.5. The van der Waals surface area contributed by atoms with Crippen molar-refractivity contribution >= 4 is 11.9 Å². The molecule has 0 fully saturated rings. The Labute approximate surface area is 244 Å². The van der Waals surface area contributed by atoms with E-state index in [1.54, 1.807) is 20.3 Å². The van der Waals surface area contributed by atoms with Gasteiger partial charge in [0.25, 0.3) is 0 Å². The third-order valence-corrected chi connectivity index (χ3v) is 7.56. The number of carbonyl (C=O) groups excluding carboxylic acids is 1. The van der Waals surface area contributed by atoms with Gasteiger partial charge in [-0.2, -0.15) is 0 Å². The third-order valence-electron chi connectivity index (χ3n) is 7.56. The molecule has 0 aromatic heterocycles. The van der Waals surface area contributed by atoms with E-state index in [4.69, 9.17) is 14.2 Å². The lowest BCUT2D eigenvalue weighted by Crippen LogP contribution is -2.38. The minimum Gasteiger partial charge on any atom is -0.493 e. The highest BCUT2D eigenvalue weighted by Crippen LogP contribution is 2.48. The number of benzene rings is 3. The number of carbonyl (C=O) groups is 2. The highest BCUT2D eigenvalue weighted by atomic mass is 16.6. The summed E-state index contributed by atoms with van der Waals surface area (Å²) < 4.78 is 18.0. The fourth-order valence-corrected chi connectivity index (χ4v) is 5.43. The molecule has 0 amide bonds. The second-order valence-electron chi connectivity index (χ2n) is 10.4. The molecule has 3 aromatic carbocycles. The van der Waals surface area contributed by atoms with E-state index in [1.165, 1.54) is 25.7 Å². The fourth-order valence-electron chi connectivity index (χ4n) is 5.43. The largest absolute Gasteiger partial charge is 0.493 e. The zero-order chi connectivity index (χ0) is 29.5. The van der Waals surface area contributed by atoms with Crippen molar-refractivity contribution in [1.82, 2.24) is 0 Å². The monoisotopic (exact) mass is 560 g/mol. The summed E-state index contributed by atoms with van der Waals surface area (Å²) in [5.74, 6) is -1.41. The molecule has 6 nitrogen and oxygen atoms in total. The van der Waals surface area contributed by atoms with Gasteiger partial charge in [0, 0.05) is 11.1 Å². The molecule has 0 aliphatic rings. The number of aliphatic carboxylic acids is 1. The van der Waals surface area contributed by atoms with Crippen molar-refractivity contribution in [2.75, 3.05) is 14.2 Å². The molecule has 0 heterocycles. The molecular formula is C35H44O6. The van der Waals surface area contributed by atoms with Gasteiger partial charge in [-0.15, -0.1) is 0 Å². The number of esters is 1. The molecule has 3 aromatic rings. The van der Waals surface area contributed by atoms with E-state index in [-0.39, 0.29) is 6.42 Å². The highest BCUT2D eigenvalue weighted by Gasteiger charge is 2.44. The number of methoxy groups -OCH3 is 2. The smallest absolute Gasteiger partial charge is 0.311 e. The lowest BCUT2D eigenvalue weighted by Gasteiger charge is -2.37. The van der Waals surface area contributed by atoms with Gasteiger partial charge in [-0.3, -0.25) is 9.59 Å². The fraction of sp³-hybridized carbons (Fsp3) is 0.429. The summed E-state index contributed by atoms with van der Waals surface area (Å²) in [6.07, 6.45) is 9.08. The average Bonchev–Trinajstić information content (AvgIpc) is 3.00. The zero-order valence-electron chi connectivity index (χ0n) is 24.6. The molecule has 0 bridgehead atoms. The molecule has 1 N–H and O–H groups in total.